The second kappa shape index (κ2) is 8.05. The van der Waals surface area contributed by atoms with Gasteiger partial charge in [-0.1, -0.05) is 28.1 Å². The number of aromatic nitrogens is 2. The Kier molecular flexibility index (Phi) is 5.31. The van der Waals surface area contributed by atoms with Crippen LogP contribution < -0.4 is 15.7 Å². The van der Waals surface area contributed by atoms with Gasteiger partial charge in [-0.15, -0.1) is 0 Å². The Labute approximate surface area is 174 Å². The molecule has 5 nitrogen and oxygen atoms in total. The lowest BCUT2D eigenvalue weighted by Gasteiger charge is -2.16. The third kappa shape index (κ3) is 3.86. The van der Waals surface area contributed by atoms with E-state index in [1.54, 1.807) is 49.6 Å². The van der Waals surface area contributed by atoms with Gasteiger partial charge in [-0.2, -0.15) is 0 Å². The number of rotatable bonds is 5. The van der Waals surface area contributed by atoms with Gasteiger partial charge in [-0.3, -0.25) is 4.79 Å². The molecule has 1 heterocycles. The van der Waals surface area contributed by atoms with E-state index in [1.807, 2.05) is 18.2 Å². The lowest BCUT2D eigenvalue weighted by atomic mass is 10.2. The van der Waals surface area contributed by atoms with E-state index in [0.29, 0.717) is 28.0 Å². The van der Waals surface area contributed by atoms with Crippen molar-refractivity contribution in [3.05, 3.63) is 92.9 Å². The maximum absolute atomic E-state index is 14.2. The number of para-hydroxylation sites is 1. The molecular weight excluding hydrogens is 437 g/mol. The molecule has 4 rings (SSSR count). The molecule has 1 aromatic heterocycles. The largest absolute Gasteiger partial charge is 0.497 e. The number of hydrogen-bond acceptors (Lipinski definition) is 4. The summed E-state index contributed by atoms with van der Waals surface area (Å²) in [5.74, 6) is 0.785. The van der Waals surface area contributed by atoms with Gasteiger partial charge in [0.15, 0.2) is 5.82 Å². The summed E-state index contributed by atoms with van der Waals surface area (Å²) in [5.41, 5.74) is 4.54. The smallest absolute Gasteiger partial charge is 0.280 e. The highest BCUT2D eigenvalue weighted by atomic mass is 79.9. The van der Waals surface area contributed by atoms with Crippen LogP contribution in [0.25, 0.3) is 22.3 Å². The predicted octanol–water partition coefficient (Wildman–Crippen LogP) is 4.72. The van der Waals surface area contributed by atoms with Crippen molar-refractivity contribution in [3.8, 4) is 17.1 Å². The third-order valence-electron chi connectivity index (χ3n) is 4.56. The molecule has 0 aliphatic rings. The van der Waals surface area contributed by atoms with Crippen LogP contribution in [-0.4, -0.2) is 16.8 Å². The van der Waals surface area contributed by atoms with Crippen LogP contribution in [0.1, 0.15) is 5.56 Å². The Bertz CT molecular complexity index is 1240. The summed E-state index contributed by atoms with van der Waals surface area (Å²) in [6.45, 7) is 0.119. The number of nitrogens with one attached hydrogen (secondary N) is 1. The molecule has 7 heteroatoms. The molecule has 0 radical (unpaired) electrons. The first-order valence-electron chi connectivity index (χ1n) is 8.91. The van der Waals surface area contributed by atoms with Crippen molar-refractivity contribution in [1.82, 2.24) is 9.66 Å². The molecule has 0 saturated carbocycles. The van der Waals surface area contributed by atoms with E-state index in [-0.39, 0.29) is 17.9 Å². The zero-order valence-corrected chi connectivity index (χ0v) is 17.1. The maximum Gasteiger partial charge on any atom is 0.280 e. The average molecular weight is 454 g/mol. The number of methoxy groups -OCH3 is 1. The molecule has 0 fully saturated rings. The lowest BCUT2D eigenvalue weighted by molar-refractivity contribution is 0.415. The van der Waals surface area contributed by atoms with Crippen LogP contribution in [0.5, 0.6) is 5.75 Å². The molecular formula is C22H17BrFN3O2. The van der Waals surface area contributed by atoms with E-state index in [2.05, 4.69) is 26.3 Å². The highest BCUT2D eigenvalue weighted by Gasteiger charge is 2.14. The molecule has 0 amide bonds. The molecule has 0 aliphatic heterocycles. The Balaban J connectivity index is 1.82. The molecule has 0 bridgehead atoms. The second-order valence-electron chi connectivity index (χ2n) is 6.39. The first-order valence-corrected chi connectivity index (χ1v) is 9.70. The van der Waals surface area contributed by atoms with Gasteiger partial charge in [-0.05, 0) is 54.6 Å². The number of ether oxygens (including phenoxy) is 1. The van der Waals surface area contributed by atoms with Crippen LogP contribution in [-0.2, 0) is 6.54 Å². The van der Waals surface area contributed by atoms with Crippen LogP contribution in [0.4, 0.5) is 4.39 Å². The van der Waals surface area contributed by atoms with Crippen molar-refractivity contribution < 1.29 is 9.13 Å². The molecule has 0 atom stereocenters. The van der Waals surface area contributed by atoms with Gasteiger partial charge in [0, 0.05) is 15.6 Å². The van der Waals surface area contributed by atoms with Crippen LogP contribution in [0.15, 0.2) is 76.0 Å². The summed E-state index contributed by atoms with van der Waals surface area (Å²) in [4.78, 5) is 17.8. The van der Waals surface area contributed by atoms with Crippen molar-refractivity contribution in [2.45, 2.75) is 6.54 Å². The summed E-state index contributed by atoms with van der Waals surface area (Å²) >= 11 is 3.35. The second-order valence-corrected chi connectivity index (χ2v) is 7.31. The third-order valence-corrected chi connectivity index (χ3v) is 5.05. The minimum atomic E-state index is -0.353. The molecule has 0 unspecified atom stereocenters. The molecule has 29 heavy (non-hydrogen) atoms. The standard InChI is InChI=1S/C22H17BrFN3O2/c1-29-17-9-6-14(7-10-17)21-26-20-5-3-2-4-18(20)22(28)27(21)25-13-15-12-16(23)8-11-19(15)24/h2-12,25H,13H2,1H3. The van der Waals surface area contributed by atoms with Crippen molar-refractivity contribution >= 4 is 26.8 Å². The quantitative estimate of drug-likeness (QED) is 0.475. The van der Waals surface area contributed by atoms with E-state index >= 15 is 0 Å². The average Bonchev–Trinajstić information content (AvgIpc) is 2.75. The first kappa shape index (κ1) is 19.1. The molecule has 0 saturated heterocycles. The van der Waals surface area contributed by atoms with E-state index in [1.165, 1.54) is 10.7 Å². The van der Waals surface area contributed by atoms with E-state index < -0.39 is 0 Å². The Morgan fingerprint density at radius 3 is 2.62 bits per heavy atom. The summed E-state index contributed by atoms with van der Waals surface area (Å²) in [6.07, 6.45) is 0. The van der Waals surface area contributed by atoms with Gasteiger partial charge in [0.2, 0.25) is 0 Å². The fraction of sp³-hybridized carbons (Fsp3) is 0.0909. The maximum atomic E-state index is 14.2. The fourth-order valence-corrected chi connectivity index (χ4v) is 3.46. The van der Waals surface area contributed by atoms with Gasteiger partial charge < -0.3 is 10.2 Å². The van der Waals surface area contributed by atoms with E-state index in [9.17, 15) is 9.18 Å². The molecule has 3 aromatic carbocycles. The predicted molar refractivity (Wildman–Crippen MR) is 115 cm³/mol. The summed E-state index contributed by atoms with van der Waals surface area (Å²) in [5, 5.41) is 0.479. The van der Waals surface area contributed by atoms with Crippen molar-refractivity contribution in [2.75, 3.05) is 12.5 Å². The molecule has 146 valence electrons. The van der Waals surface area contributed by atoms with E-state index in [0.717, 1.165) is 10.0 Å². The number of benzene rings is 3. The number of fused-ring (bicyclic) bond motifs is 1. The van der Waals surface area contributed by atoms with Gasteiger partial charge in [-0.25, -0.2) is 14.1 Å². The topological polar surface area (TPSA) is 56.1 Å². The fourth-order valence-electron chi connectivity index (χ4n) is 3.06. The number of halogens is 2. The number of hydrogen-bond donors (Lipinski definition) is 1. The highest BCUT2D eigenvalue weighted by Crippen LogP contribution is 2.22. The van der Waals surface area contributed by atoms with Crippen LogP contribution in [0.2, 0.25) is 0 Å². The van der Waals surface area contributed by atoms with Gasteiger partial charge in [0.25, 0.3) is 5.56 Å². The summed E-state index contributed by atoms with van der Waals surface area (Å²) in [6, 6.07) is 19.1. The van der Waals surface area contributed by atoms with Crippen LogP contribution in [0, 0.1) is 5.82 Å². The first-order chi connectivity index (χ1) is 14.1. The Morgan fingerprint density at radius 2 is 1.86 bits per heavy atom. The zero-order chi connectivity index (χ0) is 20.4. The van der Waals surface area contributed by atoms with Crippen LogP contribution in [0.3, 0.4) is 0 Å². The van der Waals surface area contributed by atoms with E-state index in [4.69, 9.17) is 4.74 Å². The summed E-state index contributed by atoms with van der Waals surface area (Å²) in [7, 11) is 1.59. The minimum absolute atomic E-state index is 0.119. The van der Waals surface area contributed by atoms with Gasteiger partial charge in [0.05, 0.1) is 24.6 Å². The Hall–Kier alpha value is -3.19. The molecule has 0 spiro atoms. The zero-order valence-electron chi connectivity index (χ0n) is 15.5. The monoisotopic (exact) mass is 453 g/mol. The van der Waals surface area contributed by atoms with Crippen LogP contribution >= 0.6 is 15.9 Å². The Morgan fingerprint density at radius 1 is 1.10 bits per heavy atom. The van der Waals surface area contributed by atoms with Crippen molar-refractivity contribution in [1.29, 1.82) is 0 Å². The molecule has 4 aromatic rings. The number of nitrogens with zero attached hydrogens (tertiary/aromatic N) is 2. The lowest BCUT2D eigenvalue weighted by Crippen LogP contribution is -2.31. The summed E-state index contributed by atoms with van der Waals surface area (Å²) < 4.78 is 21.5. The SMILES string of the molecule is COc1ccc(-c2nc3ccccc3c(=O)n2NCc2cc(Br)ccc2F)cc1. The molecule has 0 aliphatic carbocycles. The highest BCUT2D eigenvalue weighted by molar-refractivity contribution is 9.10. The molecule has 1 N–H and O–H groups in total. The van der Waals surface area contributed by atoms with Gasteiger partial charge >= 0.3 is 0 Å². The van der Waals surface area contributed by atoms with Gasteiger partial charge in [0.1, 0.15) is 11.6 Å². The van der Waals surface area contributed by atoms with Crippen molar-refractivity contribution in [3.63, 3.8) is 0 Å². The normalized spacial score (nSPS) is 10.9. The van der Waals surface area contributed by atoms with Crippen molar-refractivity contribution in [2.24, 2.45) is 0 Å². The minimum Gasteiger partial charge on any atom is -0.497 e.